The predicted octanol–water partition coefficient (Wildman–Crippen LogP) is 5.46. The van der Waals surface area contributed by atoms with Crippen LogP contribution in [0.2, 0.25) is 0 Å². The van der Waals surface area contributed by atoms with E-state index in [1.54, 1.807) is 21.6 Å². The zero-order valence-corrected chi connectivity index (χ0v) is 27.9. The van der Waals surface area contributed by atoms with Crippen LogP contribution in [-0.4, -0.2) is 67.5 Å². The van der Waals surface area contributed by atoms with Crippen molar-refractivity contribution in [2.75, 3.05) is 43.4 Å². The van der Waals surface area contributed by atoms with Crippen molar-refractivity contribution >= 4 is 28.4 Å². The van der Waals surface area contributed by atoms with Gasteiger partial charge in [0.1, 0.15) is 11.0 Å². The first-order valence-electron chi connectivity index (χ1n) is 17.3. The maximum absolute atomic E-state index is 13.6. The summed E-state index contributed by atoms with van der Waals surface area (Å²) in [6.07, 6.45) is 12.3. The van der Waals surface area contributed by atoms with Crippen molar-refractivity contribution in [3.05, 3.63) is 76.4 Å². The summed E-state index contributed by atoms with van der Waals surface area (Å²) in [4.78, 5) is 33.0. The maximum Gasteiger partial charge on any atom is 0.278 e. The molecule has 0 bridgehead atoms. The van der Waals surface area contributed by atoms with Crippen molar-refractivity contribution in [2.24, 2.45) is 10.8 Å². The van der Waals surface area contributed by atoms with E-state index in [-0.39, 0.29) is 17.5 Å². The zero-order valence-electron chi connectivity index (χ0n) is 27.9. The number of piperidine rings is 2. The molecule has 10 nitrogen and oxygen atoms in total. The largest absolute Gasteiger partial charge is 0.383 e. The van der Waals surface area contributed by atoms with Gasteiger partial charge in [0.25, 0.3) is 5.56 Å². The van der Waals surface area contributed by atoms with Crippen LogP contribution < -0.4 is 15.8 Å². The number of nitrogens with zero attached hydrogens (tertiary/aromatic N) is 7. The Labute approximate surface area is 276 Å². The number of likely N-dealkylation sites (tertiary alicyclic amines) is 1. The van der Waals surface area contributed by atoms with E-state index in [9.17, 15) is 9.90 Å². The first kappa shape index (κ1) is 30.3. The van der Waals surface area contributed by atoms with Gasteiger partial charge in [-0.2, -0.15) is 4.98 Å². The van der Waals surface area contributed by atoms with Crippen molar-refractivity contribution in [1.29, 1.82) is 0 Å². The van der Waals surface area contributed by atoms with E-state index in [4.69, 9.17) is 9.97 Å². The molecule has 47 heavy (non-hydrogen) atoms. The number of allylic oxidation sites excluding steroid dienone is 1. The van der Waals surface area contributed by atoms with Crippen LogP contribution in [0.15, 0.2) is 54.0 Å². The standard InChI is InChI=1S/C37H46N8O2/c1-5-18-44-33(46)28-24-38-34(41-32(28)45(44)30-9-6-26-10-11-37(12-13-37)35(3,47)31(26)40-30)39-27-7-8-29(25(2)23-27)43-21-16-36(17-22-43)14-19-42(4)20-15-36/h5-9,23-24,47H,1,10-22H2,2-4H3,(H,38,39,41)/t35-/m0/s1. The van der Waals surface area contributed by atoms with Crippen LogP contribution in [0.25, 0.3) is 16.9 Å². The molecule has 2 aliphatic carbocycles. The van der Waals surface area contributed by atoms with Gasteiger partial charge < -0.3 is 20.2 Å². The van der Waals surface area contributed by atoms with Gasteiger partial charge in [0.05, 0.1) is 12.2 Å². The molecule has 8 rings (SSSR count). The topological polar surface area (TPSA) is 104 Å². The SMILES string of the molecule is C=CCn1c(=O)c2cnc(Nc3ccc(N4CCC5(CCN(C)CC5)CC4)c(C)c3)nc2n1-c1ccc2c(n1)[C@](C)(O)C1(CC2)CC1. The molecule has 3 fully saturated rings. The molecule has 246 valence electrons. The number of aryl methyl sites for hydroxylation is 2. The van der Waals surface area contributed by atoms with E-state index >= 15 is 0 Å². The van der Waals surface area contributed by atoms with Crippen molar-refractivity contribution in [2.45, 2.75) is 77.4 Å². The molecule has 2 aliphatic heterocycles. The average molecular weight is 635 g/mol. The van der Waals surface area contributed by atoms with Crippen LogP contribution in [0.4, 0.5) is 17.3 Å². The fraction of sp³-hybridized carbons (Fsp3) is 0.514. The second-order valence-corrected chi connectivity index (χ2v) is 14.9. The van der Waals surface area contributed by atoms with Crippen LogP contribution in [0, 0.1) is 17.8 Å². The van der Waals surface area contributed by atoms with Crippen molar-refractivity contribution in [3.63, 3.8) is 0 Å². The van der Waals surface area contributed by atoms with Gasteiger partial charge in [-0.15, -0.1) is 6.58 Å². The molecule has 2 saturated heterocycles. The van der Waals surface area contributed by atoms with Crippen LogP contribution in [0.5, 0.6) is 0 Å². The minimum Gasteiger partial charge on any atom is -0.383 e. The second kappa shape index (κ2) is 11.0. The Kier molecular flexibility index (Phi) is 7.11. The summed E-state index contributed by atoms with van der Waals surface area (Å²) < 4.78 is 3.33. The number of pyridine rings is 1. The second-order valence-electron chi connectivity index (χ2n) is 14.9. The highest BCUT2D eigenvalue weighted by Gasteiger charge is 2.59. The number of aromatic nitrogens is 5. The van der Waals surface area contributed by atoms with Gasteiger partial charge in [0.15, 0.2) is 11.5 Å². The Morgan fingerprint density at radius 1 is 1.00 bits per heavy atom. The molecule has 0 radical (unpaired) electrons. The highest BCUT2D eigenvalue weighted by Crippen LogP contribution is 2.63. The van der Waals surface area contributed by atoms with Gasteiger partial charge in [-0.25, -0.2) is 19.3 Å². The van der Waals surface area contributed by atoms with Crippen LogP contribution in [0.3, 0.4) is 0 Å². The predicted molar refractivity (Wildman–Crippen MR) is 186 cm³/mol. The molecule has 5 heterocycles. The fourth-order valence-electron chi connectivity index (χ4n) is 8.62. The summed E-state index contributed by atoms with van der Waals surface area (Å²) in [5, 5.41) is 15.5. The Bertz CT molecular complexity index is 1920. The summed E-state index contributed by atoms with van der Waals surface area (Å²) in [6.45, 7) is 12.9. The summed E-state index contributed by atoms with van der Waals surface area (Å²) >= 11 is 0. The minimum absolute atomic E-state index is 0.0963. The van der Waals surface area contributed by atoms with Gasteiger partial charge >= 0.3 is 0 Å². The van der Waals surface area contributed by atoms with Crippen LogP contribution in [0.1, 0.15) is 68.7 Å². The smallest absolute Gasteiger partial charge is 0.278 e. The molecular formula is C37H46N8O2. The Hall–Kier alpha value is -4.02. The molecular weight excluding hydrogens is 588 g/mol. The van der Waals surface area contributed by atoms with Crippen LogP contribution >= 0.6 is 0 Å². The highest BCUT2D eigenvalue weighted by atomic mass is 16.3. The van der Waals surface area contributed by atoms with Gasteiger partial charge in [0.2, 0.25) is 5.95 Å². The van der Waals surface area contributed by atoms with Gasteiger partial charge in [-0.1, -0.05) is 12.1 Å². The lowest BCUT2D eigenvalue weighted by atomic mass is 9.71. The van der Waals surface area contributed by atoms with Gasteiger partial charge in [0, 0.05) is 36.1 Å². The molecule has 2 N–H and O–H groups in total. The first-order chi connectivity index (χ1) is 22.6. The lowest BCUT2D eigenvalue weighted by molar-refractivity contribution is -0.0371. The molecule has 2 spiro atoms. The quantitative estimate of drug-likeness (QED) is 0.270. The molecule has 0 unspecified atom stereocenters. The van der Waals surface area contributed by atoms with Gasteiger partial charge in [-0.05, 0) is 126 Å². The van der Waals surface area contributed by atoms with Crippen molar-refractivity contribution in [1.82, 2.24) is 29.2 Å². The number of hydrogen-bond donors (Lipinski definition) is 2. The van der Waals surface area contributed by atoms with Crippen molar-refractivity contribution in [3.8, 4) is 5.82 Å². The lowest BCUT2D eigenvalue weighted by Crippen LogP contribution is -2.46. The van der Waals surface area contributed by atoms with Crippen molar-refractivity contribution < 1.29 is 5.11 Å². The average Bonchev–Trinajstić information content (AvgIpc) is 3.82. The highest BCUT2D eigenvalue weighted by molar-refractivity contribution is 5.77. The fourth-order valence-corrected chi connectivity index (χ4v) is 8.62. The zero-order chi connectivity index (χ0) is 32.6. The number of hydrogen-bond acceptors (Lipinski definition) is 8. The number of fused-ring (bicyclic) bond motifs is 2. The number of anilines is 3. The Morgan fingerprint density at radius 2 is 1.74 bits per heavy atom. The summed E-state index contributed by atoms with van der Waals surface area (Å²) in [6, 6.07) is 10.4. The third-order valence-corrected chi connectivity index (χ3v) is 12.0. The molecule has 3 aromatic heterocycles. The molecule has 4 aromatic rings. The Morgan fingerprint density at radius 3 is 2.45 bits per heavy atom. The van der Waals surface area contributed by atoms with E-state index in [2.05, 4.69) is 58.9 Å². The summed E-state index contributed by atoms with van der Waals surface area (Å²) in [5.74, 6) is 0.947. The normalized spacial score (nSPS) is 23.3. The molecule has 1 saturated carbocycles. The Balaban J connectivity index is 1.08. The first-order valence-corrected chi connectivity index (χ1v) is 17.3. The van der Waals surface area contributed by atoms with E-state index in [0.29, 0.717) is 33.9 Å². The van der Waals surface area contributed by atoms with Gasteiger partial charge in [-0.3, -0.25) is 4.79 Å². The third kappa shape index (κ3) is 4.99. The molecule has 0 amide bonds. The molecule has 4 aliphatic rings. The van der Waals surface area contributed by atoms with E-state index in [1.807, 2.05) is 19.1 Å². The third-order valence-electron chi connectivity index (χ3n) is 12.0. The molecule has 1 aromatic carbocycles. The molecule has 1 atom stereocenters. The van der Waals surface area contributed by atoms with E-state index in [1.165, 1.54) is 50.0 Å². The number of nitrogens with one attached hydrogen (secondary N) is 1. The maximum atomic E-state index is 13.6. The van der Waals surface area contributed by atoms with E-state index < -0.39 is 5.60 Å². The van der Waals surface area contributed by atoms with Crippen LogP contribution in [-0.2, 0) is 18.6 Å². The van der Waals surface area contributed by atoms with E-state index in [0.717, 1.165) is 50.0 Å². The molecule has 10 heteroatoms. The monoisotopic (exact) mass is 634 g/mol. The lowest BCUT2D eigenvalue weighted by Gasteiger charge is -2.47. The number of aliphatic hydroxyl groups is 1. The number of rotatable bonds is 6. The summed E-state index contributed by atoms with van der Waals surface area (Å²) in [5.41, 5.74) is 4.82. The summed E-state index contributed by atoms with van der Waals surface area (Å²) in [7, 11) is 2.24. The number of benzene rings is 1. The minimum atomic E-state index is -1.02.